The van der Waals surface area contributed by atoms with Gasteiger partial charge < -0.3 is 64.2 Å². The van der Waals surface area contributed by atoms with E-state index in [1.165, 1.54) is 14.2 Å². The van der Waals surface area contributed by atoms with E-state index in [1.807, 2.05) is 20.8 Å². The Labute approximate surface area is 336 Å². The maximum absolute atomic E-state index is 12.9. The number of hydrogen-bond donors (Lipinski definition) is 8. The number of aliphatic hydroxyl groups excluding tert-OH is 6. The van der Waals surface area contributed by atoms with Crippen molar-refractivity contribution in [3.63, 3.8) is 0 Å². The summed E-state index contributed by atoms with van der Waals surface area (Å²) in [5, 5.41) is 78.5. The number of methoxy groups -OCH3 is 2. The van der Waals surface area contributed by atoms with Gasteiger partial charge in [0.25, 0.3) is 0 Å². The van der Waals surface area contributed by atoms with E-state index in [0.29, 0.717) is 38.5 Å². The van der Waals surface area contributed by atoms with Crippen LogP contribution in [-0.4, -0.2) is 161 Å². The Morgan fingerprint density at radius 1 is 0.842 bits per heavy atom. The van der Waals surface area contributed by atoms with E-state index in [-0.39, 0.29) is 37.2 Å². The van der Waals surface area contributed by atoms with Gasteiger partial charge in [-0.1, -0.05) is 34.6 Å². The van der Waals surface area contributed by atoms with Gasteiger partial charge in [-0.2, -0.15) is 8.42 Å². The summed E-state index contributed by atoms with van der Waals surface area (Å²) in [7, 11) is -2.14. The van der Waals surface area contributed by atoms with Crippen molar-refractivity contribution >= 4 is 10.4 Å². The largest absolute Gasteiger partial charge is 0.397 e. The third-order valence-corrected chi connectivity index (χ3v) is 15.9. The van der Waals surface area contributed by atoms with Gasteiger partial charge in [-0.3, -0.25) is 4.55 Å². The molecule has 6 rings (SSSR count). The molecule has 21 atom stereocenters. The van der Waals surface area contributed by atoms with E-state index < -0.39 is 131 Å². The average Bonchev–Trinajstić information content (AvgIpc) is 3.58. The van der Waals surface area contributed by atoms with Crippen LogP contribution in [0.3, 0.4) is 0 Å². The second-order valence-electron chi connectivity index (χ2n) is 18.8. The second kappa shape index (κ2) is 17.3. The normalized spacial score (nSPS) is 50.0. The summed E-state index contributed by atoms with van der Waals surface area (Å²) < 4.78 is 74.5. The molecule has 6 fully saturated rings. The highest BCUT2D eigenvalue weighted by Gasteiger charge is 2.72. The van der Waals surface area contributed by atoms with Gasteiger partial charge in [0.2, 0.25) is 0 Å². The van der Waals surface area contributed by atoms with Gasteiger partial charge >= 0.3 is 10.4 Å². The summed E-state index contributed by atoms with van der Waals surface area (Å²) in [6, 6.07) is 0. The number of hydrogen-bond acceptors (Lipinski definition) is 16. The molecule has 18 heteroatoms. The maximum atomic E-state index is 12.9. The molecule has 8 N–H and O–H groups in total. The van der Waals surface area contributed by atoms with Gasteiger partial charge in [0.15, 0.2) is 12.6 Å². The monoisotopic (exact) mass is 840 g/mol. The summed E-state index contributed by atoms with van der Waals surface area (Å²) in [5.41, 5.74) is -3.00. The highest BCUT2D eigenvalue weighted by molar-refractivity contribution is 7.80. The fraction of sp³-hybridized carbons (Fsp3) is 1.00. The number of aliphatic hydroxyl groups is 7. The van der Waals surface area contributed by atoms with Crippen molar-refractivity contribution in [1.29, 1.82) is 0 Å². The van der Waals surface area contributed by atoms with Crippen LogP contribution in [0.25, 0.3) is 0 Å². The van der Waals surface area contributed by atoms with Gasteiger partial charge in [0, 0.05) is 32.5 Å². The van der Waals surface area contributed by atoms with Crippen LogP contribution in [0.1, 0.15) is 86.0 Å². The van der Waals surface area contributed by atoms with Crippen molar-refractivity contribution in [2.45, 2.75) is 171 Å². The highest BCUT2D eigenvalue weighted by atomic mass is 32.3. The second-order valence-corrected chi connectivity index (χ2v) is 19.9. The molecule has 57 heavy (non-hydrogen) atoms. The molecule has 4 aliphatic carbocycles. The molecule has 0 amide bonds. The molecule has 17 nitrogen and oxygen atoms in total. The first-order chi connectivity index (χ1) is 26.6. The Bertz CT molecular complexity index is 1470. The van der Waals surface area contributed by atoms with Crippen LogP contribution in [0.2, 0.25) is 0 Å². The van der Waals surface area contributed by atoms with E-state index in [9.17, 15) is 48.7 Å². The molecule has 6 aliphatic rings. The molecular formula is C39H68O17S. The molecule has 0 bridgehead atoms. The number of rotatable bonds is 14. The van der Waals surface area contributed by atoms with E-state index >= 15 is 0 Å². The first-order valence-electron chi connectivity index (χ1n) is 20.7. The lowest BCUT2D eigenvalue weighted by Gasteiger charge is -2.66. The fourth-order valence-corrected chi connectivity index (χ4v) is 13.2. The van der Waals surface area contributed by atoms with Crippen LogP contribution in [0, 0.1) is 46.3 Å². The third kappa shape index (κ3) is 8.35. The Morgan fingerprint density at radius 2 is 1.53 bits per heavy atom. The van der Waals surface area contributed by atoms with Crippen molar-refractivity contribution in [1.82, 2.24) is 0 Å². The van der Waals surface area contributed by atoms with Gasteiger partial charge in [-0.15, -0.1) is 0 Å². The van der Waals surface area contributed by atoms with Crippen molar-refractivity contribution < 1.29 is 81.3 Å². The minimum Gasteiger partial charge on any atom is -0.394 e. The van der Waals surface area contributed by atoms with Gasteiger partial charge in [-0.25, -0.2) is 4.18 Å². The molecule has 0 radical (unpaired) electrons. The SMILES string of the molecule is COC1COC(OC2C(O[C@@H](CC[C@@H](C)C3CC(O)C4[C@]3(C)CCC3[C@@]5(C)CC[C@H](O)[C@H](O)C5C(OS(=O)(=O)O)C[C@]34O)C(C)C)OC(CO)C2O)C(OC)C1O. The van der Waals surface area contributed by atoms with Crippen molar-refractivity contribution in [3.8, 4) is 0 Å². The highest BCUT2D eigenvalue weighted by Crippen LogP contribution is 2.70. The van der Waals surface area contributed by atoms with Gasteiger partial charge in [0.1, 0.15) is 36.6 Å². The van der Waals surface area contributed by atoms with Crippen LogP contribution in [-0.2, 0) is 43.0 Å². The molecule has 4 saturated carbocycles. The standard InChI is InChI=1S/C39H68O17S/c1-18(2)23(53-36-33(30(44)25(16-40)54-36)55-35-32(51-7)31(45)26(50-6)17-52-35)9-8-19(3)20-14-22(42)34-37(20,4)13-11-27-38(5)12-10-21(41)29(43)28(38)24(15-39(27,34)46)56-57(47,48)49/h18-36,40-46H,8-17H2,1-7H3,(H,47,48,49)/t19-,20?,21+,22?,23+,24?,25?,26?,27?,28?,29+,30?,31?,32?,33?,34?,35?,36?,37-,38-,39+/m1/s1. The predicted molar refractivity (Wildman–Crippen MR) is 199 cm³/mol. The fourth-order valence-electron chi connectivity index (χ4n) is 12.7. The molecule has 2 aliphatic heterocycles. The Hall–Kier alpha value is -0.650. The first-order valence-corrected chi connectivity index (χ1v) is 22.0. The Morgan fingerprint density at radius 3 is 2.14 bits per heavy atom. The first kappa shape index (κ1) is 45.9. The molecule has 14 unspecified atom stereocenters. The lowest BCUT2D eigenvalue weighted by molar-refractivity contribution is -0.313. The maximum Gasteiger partial charge on any atom is 0.397 e. The Balaban J connectivity index is 1.17. The van der Waals surface area contributed by atoms with E-state index in [4.69, 9.17) is 32.6 Å². The summed E-state index contributed by atoms with van der Waals surface area (Å²) in [5.74, 6) is -1.97. The summed E-state index contributed by atoms with van der Waals surface area (Å²) in [6.07, 6.45) is -9.98. The molecule has 332 valence electrons. The molecular weight excluding hydrogens is 772 g/mol. The molecule has 0 aromatic heterocycles. The number of ether oxygens (including phenoxy) is 6. The average molecular weight is 841 g/mol. The predicted octanol–water partition coefficient (Wildman–Crippen LogP) is 0.529. The third-order valence-electron chi connectivity index (χ3n) is 15.4. The minimum absolute atomic E-state index is 0.0117. The van der Waals surface area contributed by atoms with Gasteiger partial charge in [-0.05, 0) is 79.4 Å². The summed E-state index contributed by atoms with van der Waals surface area (Å²) >= 11 is 0. The van der Waals surface area contributed by atoms with E-state index in [1.54, 1.807) is 0 Å². The van der Waals surface area contributed by atoms with Crippen molar-refractivity contribution in [2.75, 3.05) is 27.4 Å². The molecule has 0 aromatic rings. The van der Waals surface area contributed by atoms with Crippen LogP contribution in [0.15, 0.2) is 0 Å². The topological polar surface area (TPSA) is 261 Å². The molecule has 2 heterocycles. The molecule has 0 spiro atoms. The van der Waals surface area contributed by atoms with Crippen LogP contribution >= 0.6 is 0 Å². The zero-order valence-electron chi connectivity index (χ0n) is 34.2. The van der Waals surface area contributed by atoms with Crippen LogP contribution in [0.4, 0.5) is 0 Å². The summed E-state index contributed by atoms with van der Waals surface area (Å²) in [4.78, 5) is 0. The number of fused-ring (bicyclic) bond motifs is 5. The van der Waals surface area contributed by atoms with E-state index in [2.05, 4.69) is 13.8 Å². The quantitative estimate of drug-likeness (QED) is 0.111. The van der Waals surface area contributed by atoms with Crippen LogP contribution in [0.5, 0.6) is 0 Å². The van der Waals surface area contributed by atoms with Crippen molar-refractivity contribution in [3.05, 3.63) is 0 Å². The summed E-state index contributed by atoms with van der Waals surface area (Å²) in [6.45, 7) is 9.64. The molecule has 0 aromatic carbocycles. The molecule has 2 saturated heterocycles. The lowest BCUT2D eigenvalue weighted by Crippen LogP contribution is -2.71. The lowest BCUT2D eigenvalue weighted by atomic mass is 9.41. The smallest absolute Gasteiger partial charge is 0.394 e. The van der Waals surface area contributed by atoms with Gasteiger partial charge in [0.05, 0.1) is 49.3 Å². The zero-order chi connectivity index (χ0) is 42.0. The Kier molecular flexibility index (Phi) is 13.9. The zero-order valence-corrected chi connectivity index (χ0v) is 35.0. The van der Waals surface area contributed by atoms with Crippen molar-refractivity contribution in [2.24, 2.45) is 46.3 Å². The van der Waals surface area contributed by atoms with E-state index in [0.717, 1.165) is 0 Å². The minimum atomic E-state index is -4.99. The van der Waals surface area contributed by atoms with Crippen LogP contribution < -0.4 is 0 Å².